The molecule has 1 aromatic carbocycles. The third kappa shape index (κ3) is 4.86. The lowest BCUT2D eigenvalue weighted by Crippen LogP contribution is -2.40. The molecule has 0 radical (unpaired) electrons. The van der Waals surface area contributed by atoms with Crippen LogP contribution in [0.15, 0.2) is 58.1 Å². The van der Waals surface area contributed by atoms with Gasteiger partial charge >= 0.3 is 0 Å². The van der Waals surface area contributed by atoms with Crippen molar-refractivity contribution in [3.8, 4) is 0 Å². The number of hydrogen-bond donors (Lipinski definition) is 2. The summed E-state index contributed by atoms with van der Waals surface area (Å²) in [7, 11) is 0. The van der Waals surface area contributed by atoms with Gasteiger partial charge in [-0.2, -0.15) is 0 Å². The zero-order valence-electron chi connectivity index (χ0n) is 14.8. The van der Waals surface area contributed by atoms with Gasteiger partial charge in [0.15, 0.2) is 5.96 Å². The molecule has 0 amide bonds. The molecule has 0 saturated carbocycles. The molecule has 0 spiro atoms. The van der Waals surface area contributed by atoms with E-state index in [0.717, 1.165) is 32.0 Å². The average molecular weight is 341 g/mol. The van der Waals surface area contributed by atoms with Crippen LogP contribution in [0.1, 0.15) is 30.8 Å². The van der Waals surface area contributed by atoms with E-state index in [-0.39, 0.29) is 0 Å². The van der Waals surface area contributed by atoms with E-state index in [1.54, 1.807) is 18.4 Å². The summed E-state index contributed by atoms with van der Waals surface area (Å²) >= 11 is 0. The predicted molar refractivity (Wildman–Crippen MR) is 99.5 cm³/mol. The second-order valence-electron chi connectivity index (χ2n) is 6.52. The van der Waals surface area contributed by atoms with Crippen molar-refractivity contribution in [2.24, 2.45) is 10.9 Å². The Hall–Kier alpha value is -2.27. The van der Waals surface area contributed by atoms with Crippen LogP contribution < -0.4 is 5.32 Å². The van der Waals surface area contributed by atoms with E-state index in [4.69, 9.17) is 4.42 Å². The van der Waals surface area contributed by atoms with Crippen molar-refractivity contribution in [2.75, 3.05) is 26.2 Å². The summed E-state index contributed by atoms with van der Waals surface area (Å²) in [5.74, 6) is 2.08. The normalized spacial score (nSPS) is 19.2. The number of hydrogen-bond acceptors (Lipinski definition) is 3. The minimum absolute atomic E-state index is 0.301. The van der Waals surface area contributed by atoms with Gasteiger partial charge in [0.1, 0.15) is 11.9 Å². The first-order chi connectivity index (χ1) is 12.3. The van der Waals surface area contributed by atoms with Crippen LogP contribution in [0.3, 0.4) is 0 Å². The molecular formula is C20H27N3O2. The maximum Gasteiger partial charge on any atom is 0.194 e. The summed E-state index contributed by atoms with van der Waals surface area (Å²) < 4.78 is 5.24. The van der Waals surface area contributed by atoms with Gasteiger partial charge in [-0.1, -0.05) is 30.3 Å². The van der Waals surface area contributed by atoms with Crippen LogP contribution in [0.5, 0.6) is 0 Å². The Balaban J connectivity index is 1.58. The van der Waals surface area contributed by atoms with E-state index in [1.807, 2.05) is 0 Å². The van der Waals surface area contributed by atoms with Crippen LogP contribution in [0.4, 0.5) is 0 Å². The van der Waals surface area contributed by atoms with Gasteiger partial charge < -0.3 is 19.7 Å². The van der Waals surface area contributed by atoms with Crippen LogP contribution in [0.2, 0.25) is 0 Å². The number of benzene rings is 1. The average Bonchev–Trinajstić information content (AvgIpc) is 3.31. The maximum atomic E-state index is 10.2. The lowest BCUT2D eigenvalue weighted by molar-refractivity contribution is 0.158. The second kappa shape index (κ2) is 8.72. The first-order valence-corrected chi connectivity index (χ1v) is 9.05. The Morgan fingerprint density at radius 2 is 2.16 bits per heavy atom. The molecule has 2 atom stereocenters. The van der Waals surface area contributed by atoms with Crippen molar-refractivity contribution in [1.29, 1.82) is 0 Å². The minimum Gasteiger partial charge on any atom is -0.467 e. The molecular weight excluding hydrogens is 314 g/mol. The number of likely N-dealkylation sites (tertiary alicyclic amines) is 1. The van der Waals surface area contributed by atoms with E-state index in [1.165, 1.54) is 12.0 Å². The predicted octanol–water partition coefficient (Wildman–Crippen LogP) is 2.84. The highest BCUT2D eigenvalue weighted by Gasteiger charge is 2.25. The number of nitrogens with zero attached hydrogens (tertiary/aromatic N) is 2. The van der Waals surface area contributed by atoms with Crippen LogP contribution >= 0.6 is 0 Å². The number of aliphatic hydroxyl groups is 1. The van der Waals surface area contributed by atoms with Gasteiger partial charge in [-0.25, -0.2) is 4.99 Å². The molecule has 1 saturated heterocycles. The first-order valence-electron chi connectivity index (χ1n) is 9.05. The SMILES string of the molecule is CCNC(=NCC(O)c1ccco1)N1CCC(Cc2ccccc2)C1. The summed E-state index contributed by atoms with van der Waals surface area (Å²) in [6, 6.07) is 14.2. The van der Waals surface area contributed by atoms with Crippen molar-refractivity contribution in [1.82, 2.24) is 10.2 Å². The lowest BCUT2D eigenvalue weighted by Gasteiger charge is -2.22. The zero-order valence-corrected chi connectivity index (χ0v) is 14.8. The molecule has 0 bridgehead atoms. The molecule has 2 aromatic rings. The van der Waals surface area contributed by atoms with Crippen LogP contribution in [0.25, 0.3) is 0 Å². The molecule has 1 aromatic heterocycles. The zero-order chi connectivity index (χ0) is 17.5. The Morgan fingerprint density at radius 1 is 1.32 bits per heavy atom. The van der Waals surface area contributed by atoms with E-state index >= 15 is 0 Å². The molecule has 25 heavy (non-hydrogen) atoms. The maximum absolute atomic E-state index is 10.2. The topological polar surface area (TPSA) is 61.0 Å². The molecule has 2 N–H and O–H groups in total. The molecule has 2 unspecified atom stereocenters. The van der Waals surface area contributed by atoms with Crippen LogP contribution in [0, 0.1) is 5.92 Å². The molecule has 0 aliphatic carbocycles. The van der Waals surface area contributed by atoms with Gasteiger partial charge in [0, 0.05) is 19.6 Å². The van der Waals surface area contributed by atoms with Gasteiger partial charge in [0.05, 0.1) is 12.8 Å². The van der Waals surface area contributed by atoms with E-state index in [0.29, 0.717) is 18.2 Å². The van der Waals surface area contributed by atoms with Crippen molar-refractivity contribution < 1.29 is 9.52 Å². The Bertz CT molecular complexity index is 655. The van der Waals surface area contributed by atoms with Gasteiger partial charge in [-0.15, -0.1) is 0 Å². The van der Waals surface area contributed by atoms with Crippen molar-refractivity contribution >= 4 is 5.96 Å². The Labute approximate surface area is 149 Å². The third-order valence-electron chi connectivity index (χ3n) is 4.57. The summed E-state index contributed by atoms with van der Waals surface area (Å²) in [5.41, 5.74) is 1.39. The Morgan fingerprint density at radius 3 is 2.88 bits per heavy atom. The molecule has 3 rings (SSSR count). The highest BCUT2D eigenvalue weighted by molar-refractivity contribution is 5.80. The van der Waals surface area contributed by atoms with Gasteiger partial charge in [0.2, 0.25) is 0 Å². The fourth-order valence-corrected chi connectivity index (χ4v) is 3.31. The summed E-state index contributed by atoms with van der Waals surface area (Å²) in [5, 5.41) is 13.5. The number of aliphatic hydroxyl groups excluding tert-OH is 1. The van der Waals surface area contributed by atoms with Crippen LogP contribution in [-0.2, 0) is 6.42 Å². The molecule has 1 aliphatic rings. The Kier molecular flexibility index (Phi) is 6.12. The quantitative estimate of drug-likeness (QED) is 0.626. The fraction of sp³-hybridized carbons (Fsp3) is 0.450. The first kappa shape index (κ1) is 17.5. The third-order valence-corrected chi connectivity index (χ3v) is 4.57. The second-order valence-corrected chi connectivity index (χ2v) is 6.52. The lowest BCUT2D eigenvalue weighted by atomic mass is 9.99. The fourth-order valence-electron chi connectivity index (χ4n) is 3.31. The number of furan rings is 1. The van der Waals surface area contributed by atoms with Gasteiger partial charge in [-0.3, -0.25) is 0 Å². The smallest absolute Gasteiger partial charge is 0.194 e. The molecule has 2 heterocycles. The van der Waals surface area contributed by atoms with Crippen molar-refractivity contribution in [3.63, 3.8) is 0 Å². The molecule has 5 nitrogen and oxygen atoms in total. The van der Waals surface area contributed by atoms with Crippen LogP contribution in [-0.4, -0.2) is 42.1 Å². The van der Waals surface area contributed by atoms with Crippen molar-refractivity contribution in [3.05, 3.63) is 60.1 Å². The monoisotopic (exact) mass is 341 g/mol. The number of aliphatic imine (C=N–C) groups is 1. The number of rotatable bonds is 6. The molecule has 5 heteroatoms. The van der Waals surface area contributed by atoms with E-state index in [9.17, 15) is 5.11 Å². The van der Waals surface area contributed by atoms with Gasteiger partial charge in [0.25, 0.3) is 0 Å². The van der Waals surface area contributed by atoms with E-state index in [2.05, 4.69) is 52.5 Å². The molecule has 134 valence electrons. The highest BCUT2D eigenvalue weighted by Crippen LogP contribution is 2.21. The van der Waals surface area contributed by atoms with Crippen molar-refractivity contribution in [2.45, 2.75) is 25.9 Å². The number of guanidine groups is 1. The molecule has 1 fully saturated rings. The minimum atomic E-state index is -0.702. The highest BCUT2D eigenvalue weighted by atomic mass is 16.4. The largest absolute Gasteiger partial charge is 0.467 e. The van der Waals surface area contributed by atoms with E-state index < -0.39 is 6.10 Å². The summed E-state index contributed by atoms with van der Waals surface area (Å²) in [6.45, 7) is 5.18. The summed E-state index contributed by atoms with van der Waals surface area (Å²) in [6.07, 6.45) is 3.14. The molecule has 1 aliphatic heterocycles. The van der Waals surface area contributed by atoms with Gasteiger partial charge in [-0.05, 0) is 43.4 Å². The summed E-state index contributed by atoms with van der Waals surface area (Å²) in [4.78, 5) is 6.91. The standard InChI is InChI=1S/C20H27N3O2/c1-2-21-20(22-14-18(24)19-9-6-12-25-19)23-11-10-17(15-23)13-16-7-4-3-5-8-16/h3-9,12,17-18,24H,2,10-11,13-15H2,1H3,(H,21,22). The number of nitrogens with one attached hydrogen (secondary N) is 1.